The normalized spacial score (nSPS) is 17.3. The zero-order valence-electron chi connectivity index (χ0n) is 14.0. The summed E-state index contributed by atoms with van der Waals surface area (Å²) >= 11 is 0. The molecule has 0 spiro atoms. The van der Waals surface area contributed by atoms with Crippen molar-refractivity contribution in [1.82, 2.24) is 20.1 Å². The molecule has 3 heterocycles. The van der Waals surface area contributed by atoms with Crippen molar-refractivity contribution >= 4 is 5.91 Å². The summed E-state index contributed by atoms with van der Waals surface area (Å²) in [6.07, 6.45) is 4.96. The number of carbonyl (C=O) groups is 1. The molecule has 1 aromatic carbocycles. The van der Waals surface area contributed by atoms with Crippen LogP contribution in [0.5, 0.6) is 0 Å². The lowest BCUT2D eigenvalue weighted by atomic mass is 9.97. The SMILES string of the molecule is O=C(c1cccnc1)N1CCC[C@@H](c2nnc(-c3ccc(F)cc3)o2)C1. The van der Waals surface area contributed by atoms with E-state index in [9.17, 15) is 9.18 Å². The Hall–Kier alpha value is -3.09. The monoisotopic (exact) mass is 352 g/mol. The van der Waals surface area contributed by atoms with Crippen LogP contribution in [0, 0.1) is 5.82 Å². The highest BCUT2D eigenvalue weighted by Gasteiger charge is 2.29. The third-order valence-electron chi connectivity index (χ3n) is 4.50. The number of rotatable bonds is 3. The van der Waals surface area contributed by atoms with Gasteiger partial charge in [-0.1, -0.05) is 0 Å². The van der Waals surface area contributed by atoms with Crippen molar-refractivity contribution in [3.05, 3.63) is 66.1 Å². The molecule has 26 heavy (non-hydrogen) atoms. The van der Waals surface area contributed by atoms with Crippen LogP contribution in [0.15, 0.2) is 53.2 Å². The number of amides is 1. The Morgan fingerprint density at radius 1 is 1.19 bits per heavy atom. The topological polar surface area (TPSA) is 72.1 Å². The number of likely N-dealkylation sites (tertiary alicyclic amines) is 1. The van der Waals surface area contributed by atoms with E-state index in [0.717, 1.165) is 12.8 Å². The Bertz CT molecular complexity index is 895. The van der Waals surface area contributed by atoms with Crippen molar-refractivity contribution in [2.75, 3.05) is 13.1 Å². The lowest BCUT2D eigenvalue weighted by Gasteiger charge is -2.31. The number of nitrogens with zero attached hydrogens (tertiary/aromatic N) is 4. The van der Waals surface area contributed by atoms with Crippen LogP contribution in [0.2, 0.25) is 0 Å². The molecule has 132 valence electrons. The Balaban J connectivity index is 1.50. The maximum absolute atomic E-state index is 13.0. The number of piperidine rings is 1. The van der Waals surface area contributed by atoms with E-state index in [2.05, 4.69) is 15.2 Å². The fraction of sp³-hybridized carbons (Fsp3) is 0.263. The van der Waals surface area contributed by atoms with Crippen LogP contribution in [0.1, 0.15) is 35.0 Å². The van der Waals surface area contributed by atoms with Crippen LogP contribution < -0.4 is 0 Å². The molecule has 0 aliphatic carbocycles. The molecule has 1 aliphatic rings. The summed E-state index contributed by atoms with van der Waals surface area (Å²) in [7, 11) is 0. The highest BCUT2D eigenvalue weighted by molar-refractivity contribution is 5.93. The molecule has 1 saturated heterocycles. The van der Waals surface area contributed by atoms with Gasteiger partial charge in [-0.05, 0) is 49.2 Å². The van der Waals surface area contributed by atoms with Crippen LogP contribution in [-0.2, 0) is 0 Å². The number of hydrogen-bond donors (Lipinski definition) is 0. The number of halogens is 1. The van der Waals surface area contributed by atoms with Gasteiger partial charge in [0.15, 0.2) is 0 Å². The molecule has 2 aromatic heterocycles. The van der Waals surface area contributed by atoms with Crippen LogP contribution in [0.25, 0.3) is 11.5 Å². The van der Waals surface area contributed by atoms with Gasteiger partial charge in [-0.2, -0.15) is 0 Å². The molecule has 7 heteroatoms. The van der Waals surface area contributed by atoms with Crippen LogP contribution in [-0.4, -0.2) is 39.1 Å². The lowest BCUT2D eigenvalue weighted by Crippen LogP contribution is -2.39. The van der Waals surface area contributed by atoms with Crippen molar-refractivity contribution in [1.29, 1.82) is 0 Å². The molecule has 0 unspecified atom stereocenters. The summed E-state index contributed by atoms with van der Waals surface area (Å²) in [5.41, 5.74) is 1.25. The molecule has 3 aromatic rings. The first-order valence-electron chi connectivity index (χ1n) is 8.49. The molecule has 0 bridgehead atoms. The minimum atomic E-state index is -0.315. The first-order chi connectivity index (χ1) is 12.7. The smallest absolute Gasteiger partial charge is 0.255 e. The van der Waals surface area contributed by atoms with Crippen LogP contribution >= 0.6 is 0 Å². The quantitative estimate of drug-likeness (QED) is 0.723. The van der Waals surface area contributed by atoms with Gasteiger partial charge >= 0.3 is 0 Å². The van der Waals surface area contributed by atoms with E-state index in [1.165, 1.54) is 12.1 Å². The fourth-order valence-corrected chi connectivity index (χ4v) is 3.14. The van der Waals surface area contributed by atoms with Crippen molar-refractivity contribution in [2.45, 2.75) is 18.8 Å². The molecule has 6 nitrogen and oxygen atoms in total. The Labute approximate surface area is 149 Å². The van der Waals surface area contributed by atoms with Gasteiger partial charge in [0.1, 0.15) is 5.82 Å². The minimum absolute atomic E-state index is 0.00827. The molecule has 0 N–H and O–H groups in total. The lowest BCUT2D eigenvalue weighted by molar-refractivity contribution is 0.0698. The van der Waals surface area contributed by atoms with Gasteiger partial charge < -0.3 is 9.32 Å². The number of carbonyl (C=O) groups excluding carboxylic acids is 1. The van der Waals surface area contributed by atoms with Gasteiger partial charge in [0.2, 0.25) is 11.8 Å². The predicted octanol–water partition coefficient (Wildman–Crippen LogP) is 3.29. The van der Waals surface area contributed by atoms with Gasteiger partial charge in [0.25, 0.3) is 5.91 Å². The Kier molecular flexibility index (Phi) is 4.43. The second-order valence-corrected chi connectivity index (χ2v) is 6.28. The average Bonchev–Trinajstić information content (AvgIpc) is 3.19. The van der Waals surface area contributed by atoms with E-state index in [-0.39, 0.29) is 17.6 Å². The maximum Gasteiger partial charge on any atom is 0.255 e. The van der Waals surface area contributed by atoms with E-state index in [1.54, 1.807) is 41.6 Å². The largest absolute Gasteiger partial charge is 0.420 e. The standard InChI is InChI=1S/C19H17FN4O2/c20-16-7-5-13(6-8-16)17-22-23-18(26-17)15-4-2-10-24(12-15)19(25)14-3-1-9-21-11-14/h1,3,5-9,11,15H,2,4,10,12H2/t15-/m1/s1. The predicted molar refractivity (Wildman–Crippen MR) is 91.8 cm³/mol. The molecular weight excluding hydrogens is 335 g/mol. The second-order valence-electron chi connectivity index (χ2n) is 6.28. The summed E-state index contributed by atoms with van der Waals surface area (Å²) in [6.45, 7) is 1.22. The molecule has 1 amide bonds. The second kappa shape index (κ2) is 7.03. The molecule has 1 fully saturated rings. The summed E-state index contributed by atoms with van der Waals surface area (Å²) in [6, 6.07) is 9.43. The van der Waals surface area contributed by atoms with E-state index >= 15 is 0 Å². The zero-order chi connectivity index (χ0) is 17.9. The highest BCUT2D eigenvalue weighted by Crippen LogP contribution is 2.29. The maximum atomic E-state index is 13.0. The summed E-state index contributed by atoms with van der Waals surface area (Å²) < 4.78 is 18.8. The van der Waals surface area contributed by atoms with Crippen molar-refractivity contribution in [3.8, 4) is 11.5 Å². The van der Waals surface area contributed by atoms with E-state index in [0.29, 0.717) is 36.0 Å². The number of hydrogen-bond acceptors (Lipinski definition) is 5. The van der Waals surface area contributed by atoms with Gasteiger partial charge in [0, 0.05) is 31.0 Å². The van der Waals surface area contributed by atoms with E-state index in [1.807, 2.05) is 0 Å². The van der Waals surface area contributed by atoms with Gasteiger partial charge in [0.05, 0.1) is 11.5 Å². The van der Waals surface area contributed by atoms with Crippen molar-refractivity contribution in [3.63, 3.8) is 0 Å². The molecule has 1 atom stereocenters. The number of aromatic nitrogens is 3. The third kappa shape index (κ3) is 3.33. The molecular formula is C19H17FN4O2. The average molecular weight is 352 g/mol. The zero-order valence-corrected chi connectivity index (χ0v) is 14.0. The fourth-order valence-electron chi connectivity index (χ4n) is 3.14. The number of benzene rings is 1. The summed E-state index contributed by atoms with van der Waals surface area (Å²) in [5.74, 6) is 0.501. The van der Waals surface area contributed by atoms with Crippen molar-refractivity contribution in [2.24, 2.45) is 0 Å². The first-order valence-corrected chi connectivity index (χ1v) is 8.49. The Morgan fingerprint density at radius 3 is 2.81 bits per heavy atom. The molecule has 0 saturated carbocycles. The van der Waals surface area contributed by atoms with Gasteiger partial charge in [-0.25, -0.2) is 4.39 Å². The third-order valence-corrected chi connectivity index (χ3v) is 4.50. The van der Waals surface area contributed by atoms with Crippen LogP contribution in [0.4, 0.5) is 4.39 Å². The van der Waals surface area contributed by atoms with Crippen LogP contribution in [0.3, 0.4) is 0 Å². The van der Waals surface area contributed by atoms with Crippen molar-refractivity contribution < 1.29 is 13.6 Å². The molecule has 1 aliphatic heterocycles. The van der Waals surface area contributed by atoms with Gasteiger partial charge in [-0.15, -0.1) is 10.2 Å². The minimum Gasteiger partial charge on any atom is -0.420 e. The van der Waals surface area contributed by atoms with E-state index in [4.69, 9.17) is 4.42 Å². The van der Waals surface area contributed by atoms with E-state index < -0.39 is 0 Å². The van der Waals surface area contributed by atoms with Gasteiger partial charge in [-0.3, -0.25) is 9.78 Å². The highest BCUT2D eigenvalue weighted by atomic mass is 19.1. The first kappa shape index (κ1) is 16.4. The summed E-state index contributed by atoms with van der Waals surface area (Å²) in [4.78, 5) is 18.4. The molecule has 4 rings (SSSR count). The number of pyridine rings is 1. The molecule has 0 radical (unpaired) electrons. The summed E-state index contributed by atoms with van der Waals surface area (Å²) in [5, 5.41) is 8.21. The Morgan fingerprint density at radius 2 is 2.04 bits per heavy atom.